The number of esters is 1. The molecule has 0 saturated carbocycles. The zero-order valence-electron chi connectivity index (χ0n) is 17.3. The standard InChI is InChI=1S/C19H28N4O4SSi/c1-6-12-23(28(25,26)13-14-29(3,4)5)18(16-10-8-7-9-11-16)17(15-21-22-20)19(24)27-2/h1,7-11,17-18H,12-15H2,2-5H3/t17-,18+/m1/s1. The van der Waals surface area contributed by atoms with E-state index in [0.717, 1.165) is 4.31 Å². The molecule has 29 heavy (non-hydrogen) atoms. The van der Waals surface area contributed by atoms with E-state index in [2.05, 4.69) is 35.6 Å². The molecule has 0 fully saturated rings. The molecule has 0 saturated heterocycles. The fraction of sp³-hybridized carbons (Fsp3) is 0.526. The molecular formula is C19H28N4O4SSi. The Kier molecular flexibility index (Phi) is 9.40. The molecule has 1 aromatic rings. The molecule has 1 aromatic carbocycles. The van der Waals surface area contributed by atoms with Crippen LogP contribution in [0.5, 0.6) is 0 Å². The second-order valence-electron chi connectivity index (χ2n) is 7.77. The van der Waals surface area contributed by atoms with E-state index in [-0.39, 0.29) is 18.8 Å². The summed E-state index contributed by atoms with van der Waals surface area (Å²) >= 11 is 0. The van der Waals surface area contributed by atoms with E-state index in [1.807, 2.05) is 0 Å². The maximum Gasteiger partial charge on any atom is 0.310 e. The van der Waals surface area contributed by atoms with Crippen LogP contribution in [0.25, 0.3) is 10.4 Å². The zero-order valence-corrected chi connectivity index (χ0v) is 19.1. The van der Waals surface area contributed by atoms with Crippen LogP contribution in [0.3, 0.4) is 0 Å². The number of carbonyl (C=O) groups excluding carboxylic acids is 1. The molecule has 10 heteroatoms. The first-order valence-corrected chi connectivity index (χ1v) is 14.5. The minimum absolute atomic E-state index is 0.0663. The van der Waals surface area contributed by atoms with Crippen LogP contribution in [0.2, 0.25) is 25.7 Å². The maximum absolute atomic E-state index is 13.3. The Balaban J connectivity index is 3.55. The molecule has 0 heterocycles. The second-order valence-corrected chi connectivity index (χ2v) is 15.4. The van der Waals surface area contributed by atoms with Crippen molar-refractivity contribution in [2.45, 2.75) is 31.7 Å². The molecule has 0 aliphatic rings. The number of hydrogen-bond donors (Lipinski definition) is 0. The fourth-order valence-corrected chi connectivity index (χ4v) is 7.44. The molecule has 0 aliphatic carbocycles. The Hall–Kier alpha value is -2.31. The van der Waals surface area contributed by atoms with Crippen molar-refractivity contribution in [3.8, 4) is 12.3 Å². The SMILES string of the molecule is C#CCN([C@@H](c1ccccc1)[C@@H](CN=[N+]=[N-])C(=O)OC)S(=O)(=O)CC[Si](C)(C)C. The lowest BCUT2D eigenvalue weighted by Gasteiger charge is -2.34. The van der Waals surface area contributed by atoms with Crippen LogP contribution in [-0.2, 0) is 19.6 Å². The van der Waals surface area contributed by atoms with Gasteiger partial charge < -0.3 is 4.74 Å². The number of terminal acetylenes is 1. The van der Waals surface area contributed by atoms with Crippen molar-refractivity contribution in [1.82, 2.24) is 4.31 Å². The van der Waals surface area contributed by atoms with Gasteiger partial charge in [-0.1, -0.05) is 61.0 Å². The molecule has 158 valence electrons. The van der Waals surface area contributed by atoms with Gasteiger partial charge in [0.2, 0.25) is 10.0 Å². The van der Waals surface area contributed by atoms with Crippen molar-refractivity contribution in [2.24, 2.45) is 11.0 Å². The van der Waals surface area contributed by atoms with Gasteiger partial charge in [-0.15, -0.1) is 6.42 Å². The molecule has 8 nitrogen and oxygen atoms in total. The van der Waals surface area contributed by atoms with Crippen LogP contribution >= 0.6 is 0 Å². The topological polar surface area (TPSA) is 112 Å². The van der Waals surface area contributed by atoms with Gasteiger partial charge in [0.1, 0.15) is 0 Å². The lowest BCUT2D eigenvalue weighted by atomic mass is 9.92. The minimum Gasteiger partial charge on any atom is -0.469 e. The Labute approximate surface area is 173 Å². The fourth-order valence-electron chi connectivity index (χ4n) is 2.84. The highest BCUT2D eigenvalue weighted by molar-refractivity contribution is 7.89. The molecule has 0 bridgehead atoms. The first-order chi connectivity index (χ1) is 13.6. The third-order valence-electron chi connectivity index (χ3n) is 4.39. The van der Waals surface area contributed by atoms with E-state index in [1.54, 1.807) is 30.3 Å². The highest BCUT2D eigenvalue weighted by Gasteiger charge is 2.40. The van der Waals surface area contributed by atoms with E-state index in [9.17, 15) is 13.2 Å². The van der Waals surface area contributed by atoms with Crippen LogP contribution in [0.15, 0.2) is 35.4 Å². The number of ether oxygens (including phenoxy) is 1. The zero-order chi connectivity index (χ0) is 22.1. The third kappa shape index (κ3) is 7.55. The number of nitrogens with zero attached hydrogens (tertiary/aromatic N) is 4. The van der Waals surface area contributed by atoms with Gasteiger partial charge >= 0.3 is 5.97 Å². The minimum atomic E-state index is -3.79. The number of methoxy groups -OCH3 is 1. The number of benzene rings is 1. The number of rotatable bonds is 11. The first-order valence-electron chi connectivity index (χ1n) is 9.14. The van der Waals surface area contributed by atoms with E-state index < -0.39 is 36.0 Å². The van der Waals surface area contributed by atoms with Gasteiger partial charge in [-0.2, -0.15) is 4.31 Å². The van der Waals surface area contributed by atoms with Crippen molar-refractivity contribution in [2.75, 3.05) is 26.0 Å². The van der Waals surface area contributed by atoms with Gasteiger partial charge in [0.25, 0.3) is 0 Å². The average Bonchev–Trinajstić information content (AvgIpc) is 2.68. The van der Waals surface area contributed by atoms with E-state index in [4.69, 9.17) is 16.7 Å². The summed E-state index contributed by atoms with van der Waals surface area (Å²) in [4.78, 5) is 15.2. The Morgan fingerprint density at radius 3 is 2.45 bits per heavy atom. The third-order valence-corrected chi connectivity index (χ3v) is 8.30. The molecule has 0 amide bonds. The molecular weight excluding hydrogens is 408 g/mol. The molecule has 1 rings (SSSR count). The second kappa shape index (κ2) is 11.0. The molecule has 0 spiro atoms. The highest BCUT2D eigenvalue weighted by atomic mass is 32.2. The van der Waals surface area contributed by atoms with Crippen molar-refractivity contribution < 1.29 is 17.9 Å². The summed E-state index contributed by atoms with van der Waals surface area (Å²) in [7, 11) is -4.23. The number of carbonyl (C=O) groups is 1. The largest absolute Gasteiger partial charge is 0.469 e. The van der Waals surface area contributed by atoms with Crippen LogP contribution in [-0.4, -0.2) is 52.7 Å². The molecule has 0 N–H and O–H groups in total. The summed E-state index contributed by atoms with van der Waals surface area (Å²) in [6, 6.07) is 8.31. The summed E-state index contributed by atoms with van der Waals surface area (Å²) < 4.78 is 32.6. The Morgan fingerprint density at radius 2 is 1.97 bits per heavy atom. The normalized spacial score (nSPS) is 13.8. The van der Waals surface area contributed by atoms with Crippen molar-refractivity contribution >= 4 is 24.1 Å². The van der Waals surface area contributed by atoms with Crippen LogP contribution in [0.1, 0.15) is 11.6 Å². The van der Waals surface area contributed by atoms with E-state index in [1.165, 1.54) is 7.11 Å². The number of azide groups is 1. The van der Waals surface area contributed by atoms with Crippen LogP contribution < -0.4 is 0 Å². The van der Waals surface area contributed by atoms with E-state index >= 15 is 0 Å². The molecule has 0 unspecified atom stereocenters. The lowest BCUT2D eigenvalue weighted by molar-refractivity contribution is -0.146. The lowest BCUT2D eigenvalue weighted by Crippen LogP contribution is -2.44. The van der Waals surface area contributed by atoms with Crippen molar-refractivity contribution in [1.29, 1.82) is 0 Å². The molecule has 2 atom stereocenters. The predicted octanol–water partition coefficient (Wildman–Crippen LogP) is 3.43. The summed E-state index contributed by atoms with van der Waals surface area (Å²) in [5, 5.41) is 3.51. The predicted molar refractivity (Wildman–Crippen MR) is 116 cm³/mol. The summed E-state index contributed by atoms with van der Waals surface area (Å²) in [6.45, 7) is 5.79. The van der Waals surface area contributed by atoms with Gasteiger partial charge in [0.15, 0.2) is 0 Å². The molecule has 0 aromatic heterocycles. The summed E-state index contributed by atoms with van der Waals surface area (Å²) in [5.74, 6) is 0.619. The quantitative estimate of drug-likeness (QED) is 0.132. The van der Waals surface area contributed by atoms with E-state index in [0.29, 0.717) is 11.6 Å². The van der Waals surface area contributed by atoms with Crippen molar-refractivity contribution in [3.63, 3.8) is 0 Å². The monoisotopic (exact) mass is 436 g/mol. The van der Waals surface area contributed by atoms with Gasteiger partial charge in [-0.05, 0) is 17.1 Å². The van der Waals surface area contributed by atoms with Crippen LogP contribution in [0.4, 0.5) is 0 Å². The first kappa shape index (κ1) is 24.7. The van der Waals surface area contributed by atoms with Gasteiger partial charge in [-0.25, -0.2) is 8.42 Å². The summed E-state index contributed by atoms with van der Waals surface area (Å²) in [5.41, 5.74) is 9.32. The molecule has 0 aliphatic heterocycles. The Morgan fingerprint density at radius 1 is 1.34 bits per heavy atom. The van der Waals surface area contributed by atoms with Gasteiger partial charge in [0, 0.05) is 19.5 Å². The smallest absolute Gasteiger partial charge is 0.310 e. The maximum atomic E-state index is 13.3. The Bertz CT molecular complexity index is 872. The summed E-state index contributed by atoms with van der Waals surface area (Å²) in [6.07, 6.45) is 5.49. The van der Waals surface area contributed by atoms with Gasteiger partial charge in [0.05, 0.1) is 31.4 Å². The highest BCUT2D eigenvalue weighted by Crippen LogP contribution is 2.33. The number of hydrogen-bond acceptors (Lipinski definition) is 5. The number of sulfonamides is 1. The molecule has 0 radical (unpaired) electrons. The van der Waals surface area contributed by atoms with Crippen molar-refractivity contribution in [3.05, 3.63) is 46.3 Å². The van der Waals surface area contributed by atoms with Gasteiger partial charge in [-0.3, -0.25) is 4.79 Å². The van der Waals surface area contributed by atoms with Crippen LogP contribution in [0, 0.1) is 18.3 Å². The average molecular weight is 437 g/mol.